The van der Waals surface area contributed by atoms with Crippen LogP contribution < -0.4 is 26.2 Å². The Morgan fingerprint density at radius 1 is 0.243 bits per heavy atom. The molecule has 0 spiro atoms. The van der Waals surface area contributed by atoms with Crippen molar-refractivity contribution in [3.05, 3.63) is 299 Å². The summed E-state index contributed by atoms with van der Waals surface area (Å²) in [6, 6.07) is 100.0. The predicted octanol–water partition coefficient (Wildman–Crippen LogP) is 28.4. The number of nitrogens with zero attached hydrogens (tertiary/aromatic N) is 5. The normalized spacial score (nSPS) is 13.7. The summed E-state index contributed by atoms with van der Waals surface area (Å²) in [5, 5.41) is 5.04. The summed E-state index contributed by atoms with van der Waals surface area (Å²) in [5.74, 6) is 0. The van der Waals surface area contributed by atoms with Crippen molar-refractivity contribution in [2.24, 2.45) is 0 Å². The Bertz CT molecular complexity index is 6200. The van der Waals surface area contributed by atoms with Crippen molar-refractivity contribution in [2.45, 2.75) is 209 Å². The van der Waals surface area contributed by atoms with E-state index in [2.05, 4.69) is 440 Å². The molecular formula is C109H114BN5. The molecule has 3 aromatic heterocycles. The summed E-state index contributed by atoms with van der Waals surface area (Å²) < 4.78 is 5.15. The van der Waals surface area contributed by atoms with Crippen molar-refractivity contribution in [1.29, 1.82) is 0 Å². The van der Waals surface area contributed by atoms with Gasteiger partial charge in [0, 0.05) is 89.0 Å². The average molecular weight is 1500 g/mol. The predicted molar refractivity (Wildman–Crippen MR) is 498 cm³/mol. The van der Waals surface area contributed by atoms with Crippen LogP contribution in [0.1, 0.15) is 211 Å². The third-order valence-corrected chi connectivity index (χ3v) is 24.9. The van der Waals surface area contributed by atoms with Gasteiger partial charge in [-0.15, -0.1) is 0 Å². The lowest BCUT2D eigenvalue weighted by Gasteiger charge is -2.47. The Morgan fingerprint density at radius 3 is 0.861 bits per heavy atom. The molecule has 0 bridgehead atoms. The Kier molecular flexibility index (Phi) is 17.9. The van der Waals surface area contributed by atoms with E-state index in [0.717, 1.165) is 84.7 Å². The van der Waals surface area contributed by atoms with Gasteiger partial charge in [0.15, 0.2) is 0 Å². The molecular weight excluding hydrogens is 1390 g/mol. The molecule has 17 rings (SSSR count). The van der Waals surface area contributed by atoms with E-state index in [1.165, 1.54) is 110 Å². The Morgan fingerprint density at radius 2 is 0.548 bits per heavy atom. The van der Waals surface area contributed by atoms with Crippen LogP contribution in [0.4, 0.5) is 34.1 Å². The summed E-state index contributed by atoms with van der Waals surface area (Å²) in [6.07, 6.45) is 0. The molecule has 0 saturated heterocycles. The number of benzene rings is 12. The highest BCUT2D eigenvalue weighted by Crippen LogP contribution is 2.56. The second-order valence-corrected chi connectivity index (χ2v) is 41.5. The molecule has 0 amide bonds. The van der Waals surface area contributed by atoms with Gasteiger partial charge in [0.25, 0.3) is 6.71 Å². The van der Waals surface area contributed by atoms with Gasteiger partial charge in [-0.1, -0.05) is 300 Å². The highest BCUT2D eigenvalue weighted by Gasteiger charge is 2.47. The number of aromatic nitrogens is 3. The van der Waals surface area contributed by atoms with Gasteiger partial charge in [-0.05, 0) is 231 Å². The molecule has 5 nitrogen and oxygen atoms in total. The van der Waals surface area contributed by atoms with E-state index in [9.17, 15) is 0 Å². The minimum absolute atomic E-state index is 0.0681. The summed E-state index contributed by atoms with van der Waals surface area (Å²) >= 11 is 0. The van der Waals surface area contributed by atoms with Gasteiger partial charge in [0.1, 0.15) is 0 Å². The fourth-order valence-corrected chi connectivity index (χ4v) is 18.0. The molecule has 0 atom stereocenters. The maximum Gasteiger partial charge on any atom is 0.252 e. The van der Waals surface area contributed by atoms with Crippen LogP contribution in [0.2, 0.25) is 0 Å². The van der Waals surface area contributed by atoms with Gasteiger partial charge in [0.2, 0.25) is 0 Å². The van der Waals surface area contributed by atoms with Gasteiger partial charge in [-0.2, -0.15) is 0 Å². The average Bonchev–Trinajstić information content (AvgIpc) is 0.969. The van der Waals surface area contributed by atoms with Crippen LogP contribution in [-0.2, 0) is 43.3 Å². The van der Waals surface area contributed by atoms with E-state index >= 15 is 0 Å². The number of hydrogen-bond acceptors (Lipinski definition) is 3. The van der Waals surface area contributed by atoms with Gasteiger partial charge < -0.3 is 18.9 Å². The minimum Gasteiger partial charge on any atom is -0.310 e. The molecule has 0 saturated carbocycles. The molecule has 12 aromatic carbocycles. The van der Waals surface area contributed by atoms with Crippen molar-refractivity contribution < 1.29 is 0 Å². The summed E-state index contributed by atoms with van der Waals surface area (Å²) in [6.45, 7) is 56.1. The SMILES string of the molecule is CC(C)(C)c1cc(-c2ccccc2)c(N2c3cc(-n4c5ccc(C(C)(C)C)cc5c5cc(C(C)(C)C)ccc54)ccc3B3c4ccc(-n5c6ccc(C(C)(C)C)cc6c6cc(C(C)(C)C)ccc65)cc4N(c4c(-c5ccccc5)cc(C(C)(C)C)cc4-c4cccc(C(C)(C)C)n4)c4cc(C(C)(C)C)cc2c43)c(-c2ccccc2)c1. The van der Waals surface area contributed by atoms with E-state index in [0.29, 0.717) is 0 Å². The Hall–Kier alpha value is -10.9. The summed E-state index contributed by atoms with van der Waals surface area (Å²) in [4.78, 5) is 11.4. The molecule has 0 unspecified atom stereocenters. The first-order valence-electron chi connectivity index (χ1n) is 41.9. The van der Waals surface area contributed by atoms with Crippen LogP contribution >= 0.6 is 0 Å². The molecule has 0 aliphatic carbocycles. The van der Waals surface area contributed by atoms with Crippen molar-refractivity contribution in [2.75, 3.05) is 9.80 Å². The Labute approximate surface area is 685 Å². The molecule has 0 fully saturated rings. The second kappa shape index (κ2) is 26.8. The first kappa shape index (κ1) is 76.7. The molecule has 115 heavy (non-hydrogen) atoms. The van der Waals surface area contributed by atoms with Gasteiger partial charge >= 0.3 is 0 Å². The fourth-order valence-electron chi connectivity index (χ4n) is 18.0. The topological polar surface area (TPSA) is 29.2 Å². The van der Waals surface area contributed by atoms with Crippen LogP contribution in [-0.4, -0.2) is 20.8 Å². The van der Waals surface area contributed by atoms with Crippen LogP contribution in [0.25, 0.3) is 99.6 Å². The first-order chi connectivity index (χ1) is 54.1. The number of rotatable bonds is 8. The zero-order valence-corrected chi connectivity index (χ0v) is 72.6. The minimum atomic E-state index is -0.366. The lowest BCUT2D eigenvalue weighted by molar-refractivity contribution is 0.569. The smallest absolute Gasteiger partial charge is 0.252 e. The monoisotopic (exact) mass is 1500 g/mol. The van der Waals surface area contributed by atoms with E-state index in [1.807, 2.05) is 0 Å². The highest BCUT2D eigenvalue weighted by molar-refractivity contribution is 7.00. The van der Waals surface area contributed by atoms with Gasteiger partial charge in [-0.25, -0.2) is 0 Å². The number of anilines is 6. The highest BCUT2D eigenvalue weighted by atomic mass is 15.2. The van der Waals surface area contributed by atoms with Crippen LogP contribution in [0.3, 0.4) is 0 Å². The maximum absolute atomic E-state index is 5.87. The van der Waals surface area contributed by atoms with E-state index < -0.39 is 0 Å². The lowest BCUT2D eigenvalue weighted by Crippen LogP contribution is -2.61. The Balaban J connectivity index is 1.08. The lowest BCUT2D eigenvalue weighted by atomic mass is 9.33. The first-order valence-corrected chi connectivity index (χ1v) is 41.9. The van der Waals surface area contributed by atoms with E-state index in [1.54, 1.807) is 0 Å². The van der Waals surface area contributed by atoms with Crippen LogP contribution in [0.15, 0.2) is 255 Å². The number of pyridine rings is 1. The maximum atomic E-state index is 5.87. The summed E-state index contributed by atoms with van der Waals surface area (Å²) in [5.41, 5.74) is 35.0. The van der Waals surface area contributed by atoms with E-state index in [4.69, 9.17) is 4.98 Å². The van der Waals surface area contributed by atoms with Crippen molar-refractivity contribution in [1.82, 2.24) is 14.1 Å². The third kappa shape index (κ3) is 13.3. The summed E-state index contributed by atoms with van der Waals surface area (Å²) in [7, 11) is 0. The largest absolute Gasteiger partial charge is 0.310 e. The molecule has 6 heteroatoms. The molecule has 15 aromatic rings. The van der Waals surface area contributed by atoms with Gasteiger partial charge in [-0.3, -0.25) is 4.98 Å². The molecule has 5 heterocycles. The number of hydrogen-bond donors (Lipinski definition) is 0. The van der Waals surface area contributed by atoms with Crippen molar-refractivity contribution in [3.63, 3.8) is 0 Å². The molecule has 0 radical (unpaired) electrons. The van der Waals surface area contributed by atoms with Crippen molar-refractivity contribution in [3.8, 4) is 56.0 Å². The quantitative estimate of drug-likeness (QED) is 0.142. The zero-order chi connectivity index (χ0) is 81.5. The molecule has 2 aliphatic rings. The third-order valence-electron chi connectivity index (χ3n) is 24.9. The molecule has 0 N–H and O–H groups in total. The molecule has 578 valence electrons. The van der Waals surface area contributed by atoms with E-state index in [-0.39, 0.29) is 50.0 Å². The van der Waals surface area contributed by atoms with Crippen LogP contribution in [0.5, 0.6) is 0 Å². The zero-order valence-electron chi connectivity index (χ0n) is 72.6. The van der Waals surface area contributed by atoms with Crippen LogP contribution in [0, 0.1) is 0 Å². The van der Waals surface area contributed by atoms with Gasteiger partial charge in [0.05, 0.1) is 39.1 Å². The molecule has 2 aliphatic heterocycles. The fraction of sp³-hybridized carbons (Fsp3) is 0.294. The van der Waals surface area contributed by atoms with Crippen molar-refractivity contribution >= 4 is 101 Å². The second-order valence-electron chi connectivity index (χ2n) is 41.5. The number of fused-ring (bicyclic) bond motifs is 10. The standard InChI is InChI=1S/C109H114BN5/c1-102(2,3)70-43-51-90-82(55-70)83-56-71(103(4,5)6)44-52-91(83)112(90)77-47-49-87-94(65-77)114(100-79(67-35-28-25-29-36-67)59-74(106(13,14)15)60-80(100)68-37-30-26-31-38-68)96-63-76(108(19,20)21)64-97-99(96)110(87)88-50-48-78(113-92-53-45-72(104(7,8)9)57-84(92)85-58-73(105(10,11)12)46-54-93(85)113)66-95(88)115(97)101-81(69-39-32-27-33-40-69)61-75(107(16,17)18)62-86(101)89-41-34-42-98(111-89)109(22,23)24/h25-66H,1-24H3.